The number of amides is 1. The SMILES string of the molecule is CC(C)C(NC(=O)C1CCC1C(=O)O)c1ccc2c(c1)OCCO2. The predicted octanol–water partition coefficient (Wildman–Crippen LogP) is 2.38. The maximum absolute atomic E-state index is 12.5. The van der Waals surface area contributed by atoms with E-state index in [0.717, 1.165) is 5.56 Å². The first-order valence-corrected chi connectivity index (χ1v) is 8.40. The minimum absolute atomic E-state index is 0.167. The molecule has 1 aliphatic heterocycles. The summed E-state index contributed by atoms with van der Waals surface area (Å²) in [6, 6.07) is 5.49. The van der Waals surface area contributed by atoms with Crippen molar-refractivity contribution in [3.8, 4) is 11.5 Å². The number of ether oxygens (including phenoxy) is 2. The van der Waals surface area contributed by atoms with Crippen LogP contribution in [0, 0.1) is 17.8 Å². The van der Waals surface area contributed by atoms with Crippen LogP contribution >= 0.6 is 0 Å². The minimum Gasteiger partial charge on any atom is -0.486 e. The third kappa shape index (κ3) is 3.18. The van der Waals surface area contributed by atoms with Crippen LogP contribution < -0.4 is 14.8 Å². The van der Waals surface area contributed by atoms with Gasteiger partial charge in [0.25, 0.3) is 0 Å². The summed E-state index contributed by atoms with van der Waals surface area (Å²) in [5, 5.41) is 12.2. The first-order chi connectivity index (χ1) is 11.5. The molecule has 1 aromatic rings. The van der Waals surface area contributed by atoms with Crippen molar-refractivity contribution in [2.45, 2.75) is 32.7 Å². The molecular formula is C18H23NO5. The van der Waals surface area contributed by atoms with Crippen molar-refractivity contribution >= 4 is 11.9 Å². The molecule has 24 heavy (non-hydrogen) atoms. The first-order valence-electron chi connectivity index (χ1n) is 8.40. The number of carboxylic acid groups (broad SMARTS) is 1. The highest BCUT2D eigenvalue weighted by atomic mass is 16.6. The number of nitrogens with one attached hydrogen (secondary N) is 1. The van der Waals surface area contributed by atoms with Crippen LogP contribution in [0.2, 0.25) is 0 Å². The van der Waals surface area contributed by atoms with E-state index in [1.54, 1.807) is 0 Å². The highest BCUT2D eigenvalue weighted by molar-refractivity contribution is 5.86. The van der Waals surface area contributed by atoms with E-state index in [1.165, 1.54) is 0 Å². The molecule has 1 amide bonds. The topological polar surface area (TPSA) is 84.9 Å². The Balaban J connectivity index is 1.75. The lowest BCUT2D eigenvalue weighted by Crippen LogP contribution is -2.45. The molecular weight excluding hydrogens is 310 g/mol. The number of carbonyl (C=O) groups is 2. The summed E-state index contributed by atoms with van der Waals surface area (Å²) < 4.78 is 11.1. The summed E-state index contributed by atoms with van der Waals surface area (Å²) in [6.45, 7) is 5.10. The molecule has 2 aliphatic rings. The molecule has 1 fully saturated rings. The molecule has 1 saturated carbocycles. The van der Waals surface area contributed by atoms with Crippen LogP contribution in [-0.4, -0.2) is 30.2 Å². The first kappa shape index (κ1) is 16.6. The number of aliphatic carboxylic acids is 1. The van der Waals surface area contributed by atoms with Crippen LogP contribution in [0.5, 0.6) is 11.5 Å². The average molecular weight is 333 g/mol. The maximum Gasteiger partial charge on any atom is 0.307 e. The molecule has 1 heterocycles. The molecule has 3 unspecified atom stereocenters. The Bertz CT molecular complexity index is 642. The summed E-state index contributed by atoms with van der Waals surface area (Å²) in [6.07, 6.45) is 1.21. The van der Waals surface area contributed by atoms with Crippen molar-refractivity contribution in [3.63, 3.8) is 0 Å². The van der Waals surface area contributed by atoms with Gasteiger partial charge in [0.2, 0.25) is 5.91 Å². The van der Waals surface area contributed by atoms with Crippen LogP contribution in [0.25, 0.3) is 0 Å². The zero-order chi connectivity index (χ0) is 17.3. The van der Waals surface area contributed by atoms with Gasteiger partial charge >= 0.3 is 5.97 Å². The second-order valence-corrected chi connectivity index (χ2v) is 6.76. The van der Waals surface area contributed by atoms with E-state index in [-0.39, 0.29) is 17.9 Å². The number of fused-ring (bicyclic) bond motifs is 1. The van der Waals surface area contributed by atoms with E-state index in [2.05, 4.69) is 5.32 Å². The van der Waals surface area contributed by atoms with Crippen molar-refractivity contribution in [1.29, 1.82) is 0 Å². The highest BCUT2D eigenvalue weighted by Crippen LogP contribution is 2.37. The summed E-state index contributed by atoms with van der Waals surface area (Å²) in [4.78, 5) is 23.6. The molecule has 130 valence electrons. The van der Waals surface area contributed by atoms with Gasteiger partial charge in [0.15, 0.2) is 11.5 Å². The molecule has 6 heteroatoms. The molecule has 0 aromatic heterocycles. The lowest BCUT2D eigenvalue weighted by Gasteiger charge is -2.34. The largest absolute Gasteiger partial charge is 0.486 e. The van der Waals surface area contributed by atoms with Crippen molar-refractivity contribution in [1.82, 2.24) is 5.32 Å². The quantitative estimate of drug-likeness (QED) is 0.864. The summed E-state index contributed by atoms with van der Waals surface area (Å²) in [5.41, 5.74) is 0.939. The monoisotopic (exact) mass is 333 g/mol. The summed E-state index contributed by atoms with van der Waals surface area (Å²) in [7, 11) is 0. The van der Waals surface area contributed by atoms with Gasteiger partial charge in [-0.3, -0.25) is 9.59 Å². The van der Waals surface area contributed by atoms with Gasteiger partial charge in [0.05, 0.1) is 17.9 Å². The Labute approximate surface area is 141 Å². The van der Waals surface area contributed by atoms with E-state index < -0.39 is 17.8 Å². The second kappa shape index (κ2) is 6.71. The molecule has 0 radical (unpaired) electrons. The molecule has 1 aliphatic carbocycles. The predicted molar refractivity (Wildman–Crippen MR) is 87.0 cm³/mol. The van der Waals surface area contributed by atoms with Gasteiger partial charge in [-0.25, -0.2) is 0 Å². The van der Waals surface area contributed by atoms with Gasteiger partial charge in [0, 0.05) is 0 Å². The summed E-state index contributed by atoms with van der Waals surface area (Å²) in [5.74, 6) is -0.488. The number of carbonyl (C=O) groups excluding carboxylic acids is 1. The van der Waals surface area contributed by atoms with Gasteiger partial charge in [0.1, 0.15) is 13.2 Å². The number of rotatable bonds is 5. The van der Waals surface area contributed by atoms with Crippen molar-refractivity contribution in [2.75, 3.05) is 13.2 Å². The Kier molecular flexibility index (Phi) is 4.64. The highest BCUT2D eigenvalue weighted by Gasteiger charge is 2.42. The maximum atomic E-state index is 12.5. The fourth-order valence-electron chi connectivity index (χ4n) is 3.26. The molecule has 1 aromatic carbocycles. The molecule has 6 nitrogen and oxygen atoms in total. The average Bonchev–Trinajstić information content (AvgIpc) is 2.50. The van der Waals surface area contributed by atoms with Gasteiger partial charge in [-0.15, -0.1) is 0 Å². The van der Waals surface area contributed by atoms with Crippen LogP contribution in [0.15, 0.2) is 18.2 Å². The normalized spacial score (nSPS) is 23.3. The molecule has 0 saturated heterocycles. The Morgan fingerprint density at radius 1 is 1.12 bits per heavy atom. The second-order valence-electron chi connectivity index (χ2n) is 6.76. The fraction of sp³-hybridized carbons (Fsp3) is 0.556. The van der Waals surface area contributed by atoms with Gasteiger partial charge in [-0.2, -0.15) is 0 Å². The van der Waals surface area contributed by atoms with Crippen LogP contribution in [0.3, 0.4) is 0 Å². The lowest BCUT2D eigenvalue weighted by molar-refractivity contribution is -0.153. The number of hydrogen-bond donors (Lipinski definition) is 2. The number of carboxylic acids is 1. The van der Waals surface area contributed by atoms with Crippen LogP contribution in [-0.2, 0) is 9.59 Å². The summed E-state index contributed by atoms with van der Waals surface area (Å²) >= 11 is 0. The third-order valence-electron chi connectivity index (χ3n) is 4.82. The molecule has 0 bridgehead atoms. The van der Waals surface area contributed by atoms with Crippen LogP contribution in [0.4, 0.5) is 0 Å². The number of hydrogen-bond acceptors (Lipinski definition) is 4. The van der Waals surface area contributed by atoms with E-state index in [4.69, 9.17) is 14.6 Å². The Morgan fingerprint density at radius 2 is 1.79 bits per heavy atom. The number of benzene rings is 1. The van der Waals surface area contributed by atoms with E-state index in [9.17, 15) is 9.59 Å². The zero-order valence-corrected chi connectivity index (χ0v) is 14.0. The standard InChI is InChI=1S/C18H23NO5/c1-10(2)16(19-17(20)12-4-5-13(12)18(21)22)11-3-6-14-15(9-11)24-8-7-23-14/h3,6,9-10,12-13,16H,4-5,7-8H2,1-2H3,(H,19,20)(H,21,22). The van der Waals surface area contributed by atoms with E-state index in [1.807, 2.05) is 32.0 Å². The molecule has 3 atom stereocenters. The van der Waals surface area contributed by atoms with Crippen molar-refractivity contribution < 1.29 is 24.2 Å². The smallest absolute Gasteiger partial charge is 0.307 e. The minimum atomic E-state index is -0.887. The zero-order valence-electron chi connectivity index (χ0n) is 14.0. The van der Waals surface area contributed by atoms with Crippen molar-refractivity contribution in [3.05, 3.63) is 23.8 Å². The lowest BCUT2D eigenvalue weighted by atomic mass is 9.73. The van der Waals surface area contributed by atoms with Crippen molar-refractivity contribution in [2.24, 2.45) is 17.8 Å². The Hall–Kier alpha value is -2.24. The van der Waals surface area contributed by atoms with Gasteiger partial charge in [-0.05, 0) is 36.5 Å². The van der Waals surface area contributed by atoms with Gasteiger partial charge < -0.3 is 19.9 Å². The van der Waals surface area contributed by atoms with E-state index in [0.29, 0.717) is 37.6 Å². The molecule has 2 N–H and O–H groups in total. The Morgan fingerprint density at radius 3 is 2.38 bits per heavy atom. The van der Waals surface area contributed by atoms with Gasteiger partial charge in [-0.1, -0.05) is 19.9 Å². The van der Waals surface area contributed by atoms with E-state index >= 15 is 0 Å². The molecule has 3 rings (SSSR count). The molecule has 0 spiro atoms. The van der Waals surface area contributed by atoms with Crippen LogP contribution in [0.1, 0.15) is 38.3 Å². The fourth-order valence-corrected chi connectivity index (χ4v) is 3.26. The third-order valence-corrected chi connectivity index (χ3v) is 4.82.